The maximum Gasteiger partial charge on any atom is 0.218 e. The molecule has 152 valence electrons. The topological polar surface area (TPSA) is 102 Å². The molecule has 1 atom stereocenters. The number of phenolic OH excluding ortho intramolecular Hbond substituents is 1. The summed E-state index contributed by atoms with van der Waals surface area (Å²) in [4.78, 5) is 25.4. The number of hydrogen-bond acceptors (Lipinski definition) is 8. The van der Waals surface area contributed by atoms with Crippen LogP contribution in [0, 0.1) is 0 Å². The predicted molar refractivity (Wildman–Crippen MR) is 117 cm³/mol. The Balaban J connectivity index is 1.56. The van der Waals surface area contributed by atoms with Crippen LogP contribution in [0.2, 0.25) is 0 Å². The highest BCUT2D eigenvalue weighted by atomic mass is 79.9. The Morgan fingerprint density at radius 3 is 2.73 bits per heavy atom. The van der Waals surface area contributed by atoms with Crippen LogP contribution in [0.1, 0.15) is 21.5 Å². The van der Waals surface area contributed by atoms with E-state index in [-0.39, 0.29) is 29.0 Å². The fraction of sp³-hybridized carbons (Fsp3) is 0.100. The number of benzene rings is 1. The Bertz CT molecular complexity index is 1200. The molecule has 7 nitrogen and oxygen atoms in total. The minimum Gasteiger partial charge on any atom is -0.504 e. The Morgan fingerprint density at radius 2 is 2.03 bits per heavy atom. The maximum atomic E-state index is 12.6. The van der Waals surface area contributed by atoms with Gasteiger partial charge in [-0.25, -0.2) is 15.0 Å². The number of fused-ring (bicyclic) bond motifs is 1. The van der Waals surface area contributed by atoms with E-state index in [4.69, 9.17) is 4.74 Å². The van der Waals surface area contributed by atoms with Crippen LogP contribution in [0.5, 0.6) is 11.5 Å². The fourth-order valence-corrected chi connectivity index (χ4v) is 4.51. The Morgan fingerprint density at radius 1 is 1.27 bits per heavy atom. The first-order valence-corrected chi connectivity index (χ1v) is 11.8. The monoisotopic (exact) mass is 503 g/mol. The van der Waals surface area contributed by atoms with Gasteiger partial charge in [0.05, 0.1) is 21.3 Å². The first kappa shape index (κ1) is 20.7. The van der Waals surface area contributed by atoms with E-state index >= 15 is 0 Å². The van der Waals surface area contributed by atoms with Crippen molar-refractivity contribution in [2.45, 2.75) is 16.8 Å². The number of allylic oxidation sites excluding steroid dienone is 1. The van der Waals surface area contributed by atoms with Gasteiger partial charge in [-0.05, 0) is 35.9 Å². The molecule has 1 aromatic carbocycles. The first-order valence-electron chi connectivity index (χ1n) is 8.61. The second kappa shape index (κ2) is 8.66. The second-order valence-corrected chi connectivity index (χ2v) is 9.41. The zero-order chi connectivity index (χ0) is 21.3. The summed E-state index contributed by atoms with van der Waals surface area (Å²) in [6, 6.07) is 6.64. The molecule has 30 heavy (non-hydrogen) atoms. The Labute approximate surface area is 187 Å². The Kier molecular flexibility index (Phi) is 5.98. The number of ketones is 1. The van der Waals surface area contributed by atoms with Crippen molar-refractivity contribution in [2.75, 3.05) is 6.26 Å². The van der Waals surface area contributed by atoms with Gasteiger partial charge in [-0.3, -0.25) is 9.00 Å². The molecule has 0 radical (unpaired) electrons. The average molecular weight is 504 g/mol. The number of aromatic hydroxyl groups is 1. The van der Waals surface area contributed by atoms with Gasteiger partial charge in [0.2, 0.25) is 10.9 Å². The van der Waals surface area contributed by atoms with Crippen molar-refractivity contribution in [1.82, 2.24) is 15.0 Å². The van der Waals surface area contributed by atoms with Crippen LogP contribution in [-0.4, -0.2) is 36.3 Å². The van der Waals surface area contributed by atoms with E-state index in [0.29, 0.717) is 31.1 Å². The summed E-state index contributed by atoms with van der Waals surface area (Å²) in [5.41, 5.74) is 1.92. The highest BCUT2D eigenvalue weighted by molar-refractivity contribution is 9.10. The summed E-state index contributed by atoms with van der Waals surface area (Å²) >= 11 is 4.72. The molecule has 0 spiro atoms. The molecule has 3 aromatic rings. The number of ether oxygens (including phenoxy) is 1. The van der Waals surface area contributed by atoms with E-state index in [0.717, 1.165) is 0 Å². The van der Waals surface area contributed by atoms with Gasteiger partial charge in [-0.15, -0.1) is 0 Å². The van der Waals surface area contributed by atoms with Crippen LogP contribution in [-0.2, 0) is 17.4 Å². The first-order chi connectivity index (χ1) is 14.4. The highest BCUT2D eigenvalue weighted by Crippen LogP contribution is 2.41. The van der Waals surface area contributed by atoms with E-state index in [1.54, 1.807) is 30.5 Å². The molecule has 0 bridgehead atoms. The third-order valence-electron chi connectivity index (χ3n) is 4.14. The van der Waals surface area contributed by atoms with Crippen LogP contribution in [0.4, 0.5) is 0 Å². The highest BCUT2D eigenvalue weighted by Gasteiger charge is 2.27. The van der Waals surface area contributed by atoms with E-state index in [1.165, 1.54) is 36.5 Å². The van der Waals surface area contributed by atoms with Gasteiger partial charge in [-0.1, -0.05) is 27.7 Å². The van der Waals surface area contributed by atoms with Gasteiger partial charge in [0, 0.05) is 34.9 Å². The molecule has 1 unspecified atom stereocenters. The number of thioether (sulfide) groups is 1. The lowest BCUT2D eigenvalue weighted by Gasteiger charge is -2.10. The van der Waals surface area contributed by atoms with Crippen molar-refractivity contribution in [2.24, 2.45) is 0 Å². The quantitative estimate of drug-likeness (QED) is 0.411. The summed E-state index contributed by atoms with van der Waals surface area (Å²) in [6.07, 6.45) is 7.95. The zero-order valence-corrected chi connectivity index (χ0v) is 18.8. The summed E-state index contributed by atoms with van der Waals surface area (Å²) in [5.74, 6) is 0.113. The standard InChI is InChI=1S/C20H14BrN3O4S2/c1-30(27)20-23-8-11(9-24-20)10-28-16-5-12(14(21)7-15(16)25)6-17-18(26)13-3-2-4-22-19(13)29-17/h2-9,25H,10H2,1H3/b17-6-. The molecule has 0 saturated heterocycles. The van der Waals surface area contributed by atoms with Gasteiger partial charge in [0.25, 0.3) is 0 Å². The van der Waals surface area contributed by atoms with E-state index < -0.39 is 10.8 Å². The third-order valence-corrected chi connectivity index (χ3v) is 6.60. The molecule has 0 aliphatic carbocycles. The van der Waals surface area contributed by atoms with E-state index in [9.17, 15) is 14.1 Å². The largest absolute Gasteiger partial charge is 0.504 e. The number of halogens is 1. The van der Waals surface area contributed by atoms with Gasteiger partial charge in [0.1, 0.15) is 11.6 Å². The number of aromatic nitrogens is 3. The second-order valence-electron chi connectivity index (χ2n) is 6.25. The summed E-state index contributed by atoms with van der Waals surface area (Å²) < 4.78 is 17.7. The van der Waals surface area contributed by atoms with E-state index in [2.05, 4.69) is 30.9 Å². The van der Waals surface area contributed by atoms with Gasteiger partial charge >= 0.3 is 0 Å². The average Bonchev–Trinajstić information content (AvgIpc) is 3.05. The molecule has 0 saturated carbocycles. The minimum absolute atomic E-state index is 0.0495. The van der Waals surface area contributed by atoms with Crippen LogP contribution in [0.3, 0.4) is 0 Å². The number of carbonyl (C=O) groups excluding carboxylic acids is 1. The summed E-state index contributed by atoms with van der Waals surface area (Å²) in [6.45, 7) is 0.116. The molecule has 4 rings (SSSR count). The normalized spacial score (nSPS) is 15.3. The van der Waals surface area contributed by atoms with Gasteiger partial charge < -0.3 is 9.84 Å². The smallest absolute Gasteiger partial charge is 0.218 e. The zero-order valence-electron chi connectivity index (χ0n) is 15.5. The van der Waals surface area contributed by atoms with Crippen molar-refractivity contribution < 1.29 is 18.8 Å². The lowest BCUT2D eigenvalue weighted by atomic mass is 10.1. The SMILES string of the molecule is CS(=O)c1ncc(COc2cc(/C=C3\Sc4ncccc4C3=O)c(Br)cc2O)cn1. The maximum absolute atomic E-state index is 12.6. The molecule has 2 aromatic heterocycles. The third kappa shape index (κ3) is 4.30. The van der Waals surface area contributed by atoms with Crippen LogP contribution in [0.15, 0.2) is 62.4 Å². The van der Waals surface area contributed by atoms with Gasteiger partial charge in [0.15, 0.2) is 11.5 Å². The molecule has 0 fully saturated rings. The van der Waals surface area contributed by atoms with Crippen molar-refractivity contribution in [3.8, 4) is 11.5 Å². The number of nitrogens with zero attached hydrogens (tertiary/aromatic N) is 3. The van der Waals surface area contributed by atoms with Crippen LogP contribution < -0.4 is 4.74 Å². The lowest BCUT2D eigenvalue weighted by molar-refractivity contribution is 0.104. The fourth-order valence-electron chi connectivity index (χ4n) is 2.68. The molecule has 1 aliphatic rings. The van der Waals surface area contributed by atoms with Crippen molar-refractivity contribution in [3.63, 3.8) is 0 Å². The Hall–Kier alpha value is -2.56. The van der Waals surface area contributed by atoms with Crippen molar-refractivity contribution in [3.05, 3.63) is 68.9 Å². The lowest BCUT2D eigenvalue weighted by Crippen LogP contribution is -2.01. The number of pyridine rings is 1. The number of rotatable bonds is 5. The van der Waals surface area contributed by atoms with E-state index in [1.807, 2.05) is 0 Å². The minimum atomic E-state index is -1.26. The summed E-state index contributed by atoms with van der Waals surface area (Å²) in [5, 5.41) is 11.2. The van der Waals surface area contributed by atoms with Crippen LogP contribution in [0.25, 0.3) is 6.08 Å². The molecule has 10 heteroatoms. The number of phenols is 1. The van der Waals surface area contributed by atoms with Crippen molar-refractivity contribution >= 4 is 50.4 Å². The number of carbonyl (C=O) groups is 1. The molecule has 0 amide bonds. The van der Waals surface area contributed by atoms with Crippen LogP contribution >= 0.6 is 27.7 Å². The number of hydrogen-bond donors (Lipinski definition) is 1. The number of Topliss-reactive ketones (excluding diaryl/α,β-unsaturated/α-hetero) is 1. The predicted octanol–water partition coefficient (Wildman–Crippen LogP) is 3.99. The molecule has 1 aliphatic heterocycles. The summed E-state index contributed by atoms with van der Waals surface area (Å²) in [7, 11) is -1.26. The molecule has 1 N–H and O–H groups in total. The molecular weight excluding hydrogens is 490 g/mol. The van der Waals surface area contributed by atoms with Gasteiger partial charge in [-0.2, -0.15) is 0 Å². The molecular formula is C20H14BrN3O4S2. The van der Waals surface area contributed by atoms with Crippen molar-refractivity contribution in [1.29, 1.82) is 0 Å². The molecule has 3 heterocycles.